The lowest BCUT2D eigenvalue weighted by atomic mass is 10.0. The minimum Gasteiger partial charge on any atom is -0.466 e. The summed E-state index contributed by atoms with van der Waals surface area (Å²) in [6.07, 6.45) is 74.1. The van der Waals surface area contributed by atoms with Crippen LogP contribution in [0.15, 0.2) is 48.6 Å². The molecular formula is C54H100O2. The van der Waals surface area contributed by atoms with Gasteiger partial charge in [-0.1, -0.05) is 274 Å². The Morgan fingerprint density at radius 3 is 0.875 bits per heavy atom. The van der Waals surface area contributed by atoms with Gasteiger partial charge in [0.2, 0.25) is 0 Å². The summed E-state index contributed by atoms with van der Waals surface area (Å²) >= 11 is 0. The lowest BCUT2D eigenvalue weighted by molar-refractivity contribution is -0.143. The monoisotopic (exact) mass is 781 g/mol. The average Bonchev–Trinajstić information content (AvgIpc) is 3.20. The first-order valence-corrected chi connectivity index (χ1v) is 25.6. The maximum atomic E-state index is 12.0. The minimum atomic E-state index is -0.0263. The van der Waals surface area contributed by atoms with Gasteiger partial charge in [-0.25, -0.2) is 0 Å². The van der Waals surface area contributed by atoms with E-state index in [2.05, 4.69) is 62.5 Å². The van der Waals surface area contributed by atoms with Crippen LogP contribution in [0.3, 0.4) is 0 Å². The Balaban J connectivity index is 3.23. The number of rotatable bonds is 47. The molecule has 0 aromatic heterocycles. The van der Waals surface area contributed by atoms with Crippen LogP contribution >= 0.6 is 0 Å². The van der Waals surface area contributed by atoms with E-state index in [0.717, 1.165) is 38.5 Å². The molecule has 0 N–H and O–H groups in total. The van der Waals surface area contributed by atoms with E-state index in [1.807, 2.05) is 0 Å². The maximum Gasteiger partial charge on any atom is 0.305 e. The van der Waals surface area contributed by atoms with Crippen LogP contribution in [0.5, 0.6) is 0 Å². The second kappa shape index (κ2) is 51.4. The normalized spacial score (nSPS) is 12.1. The standard InChI is InChI=1S/C54H100O2/c1-3-5-7-9-11-13-15-17-19-21-22-23-24-25-26-27-28-29-30-31-32-33-34-35-37-39-41-43-45-47-49-51-53-56-54(55)52-50-48-46-44-42-40-38-36-20-18-16-14-12-10-8-6-4-2/h12,14,18,20,38,40,44,46H,3-11,13,15-17,19,21-37,39,41-43,45,47-53H2,1-2H3/b14-12-,20-18-,40-38-,46-44-. The summed E-state index contributed by atoms with van der Waals surface area (Å²) in [4.78, 5) is 12.0. The number of unbranched alkanes of at least 4 members (excludes halogenated alkanes) is 35. The number of ether oxygens (including phenoxy) is 1. The number of allylic oxidation sites excluding steroid dienone is 8. The first-order valence-electron chi connectivity index (χ1n) is 25.6. The molecule has 0 unspecified atom stereocenters. The van der Waals surface area contributed by atoms with E-state index in [1.165, 1.54) is 225 Å². The molecule has 0 aliphatic heterocycles. The fourth-order valence-electron chi connectivity index (χ4n) is 7.66. The van der Waals surface area contributed by atoms with Gasteiger partial charge in [0, 0.05) is 6.42 Å². The molecule has 0 saturated carbocycles. The van der Waals surface area contributed by atoms with Crippen molar-refractivity contribution in [3.63, 3.8) is 0 Å². The van der Waals surface area contributed by atoms with E-state index in [4.69, 9.17) is 4.74 Å². The van der Waals surface area contributed by atoms with Crippen molar-refractivity contribution in [3.8, 4) is 0 Å². The van der Waals surface area contributed by atoms with Gasteiger partial charge in [0.15, 0.2) is 0 Å². The van der Waals surface area contributed by atoms with E-state index in [0.29, 0.717) is 13.0 Å². The molecule has 0 atom stereocenters. The number of carbonyl (C=O) groups is 1. The Kier molecular flexibility index (Phi) is 50.0. The second-order valence-electron chi connectivity index (χ2n) is 17.2. The van der Waals surface area contributed by atoms with Gasteiger partial charge in [0.1, 0.15) is 0 Å². The summed E-state index contributed by atoms with van der Waals surface area (Å²) in [5.41, 5.74) is 0. The third-order valence-corrected chi connectivity index (χ3v) is 11.5. The van der Waals surface area contributed by atoms with Gasteiger partial charge in [-0.15, -0.1) is 0 Å². The zero-order chi connectivity index (χ0) is 40.3. The van der Waals surface area contributed by atoms with Crippen molar-refractivity contribution in [1.82, 2.24) is 0 Å². The number of hydrogen-bond acceptors (Lipinski definition) is 2. The van der Waals surface area contributed by atoms with Crippen LogP contribution < -0.4 is 0 Å². The van der Waals surface area contributed by atoms with Crippen molar-refractivity contribution >= 4 is 5.97 Å². The second-order valence-corrected chi connectivity index (χ2v) is 17.2. The number of hydrogen-bond donors (Lipinski definition) is 0. The van der Waals surface area contributed by atoms with E-state index in [1.54, 1.807) is 0 Å². The molecule has 0 fully saturated rings. The molecule has 0 bridgehead atoms. The molecule has 56 heavy (non-hydrogen) atoms. The highest BCUT2D eigenvalue weighted by molar-refractivity contribution is 5.69. The zero-order valence-corrected chi connectivity index (χ0v) is 38.3. The average molecular weight is 781 g/mol. The molecule has 2 nitrogen and oxygen atoms in total. The Labute approximate surface area is 353 Å². The molecule has 328 valence electrons. The summed E-state index contributed by atoms with van der Waals surface area (Å²) in [6.45, 7) is 5.16. The molecule has 2 heteroatoms. The van der Waals surface area contributed by atoms with Crippen molar-refractivity contribution in [2.24, 2.45) is 0 Å². The minimum absolute atomic E-state index is 0.0263. The Hall–Kier alpha value is -1.57. The fourth-order valence-corrected chi connectivity index (χ4v) is 7.66. The van der Waals surface area contributed by atoms with Gasteiger partial charge in [-0.2, -0.15) is 0 Å². The van der Waals surface area contributed by atoms with Crippen LogP contribution in [0.2, 0.25) is 0 Å². The third-order valence-electron chi connectivity index (χ3n) is 11.5. The fraction of sp³-hybridized carbons (Fsp3) is 0.833. The summed E-state index contributed by atoms with van der Waals surface area (Å²) < 4.78 is 5.45. The first-order chi connectivity index (χ1) is 27.8. The van der Waals surface area contributed by atoms with Gasteiger partial charge in [0.25, 0.3) is 0 Å². The summed E-state index contributed by atoms with van der Waals surface area (Å²) in [5, 5.41) is 0. The molecular weight excluding hydrogens is 681 g/mol. The summed E-state index contributed by atoms with van der Waals surface area (Å²) in [7, 11) is 0. The first kappa shape index (κ1) is 54.4. The van der Waals surface area contributed by atoms with Crippen molar-refractivity contribution in [2.75, 3.05) is 6.61 Å². The van der Waals surface area contributed by atoms with Gasteiger partial charge in [0.05, 0.1) is 6.61 Å². The van der Waals surface area contributed by atoms with E-state index in [-0.39, 0.29) is 5.97 Å². The van der Waals surface area contributed by atoms with Crippen molar-refractivity contribution in [1.29, 1.82) is 0 Å². The summed E-state index contributed by atoms with van der Waals surface area (Å²) in [5.74, 6) is -0.0263. The molecule has 0 spiro atoms. The number of carbonyl (C=O) groups excluding carboxylic acids is 1. The molecule has 0 aliphatic rings. The lowest BCUT2D eigenvalue weighted by Gasteiger charge is -2.05. The molecule has 0 heterocycles. The van der Waals surface area contributed by atoms with Crippen molar-refractivity contribution in [3.05, 3.63) is 48.6 Å². The SMILES string of the molecule is CCCCC/C=C\C/C=C\C/C=C\C/C=C\CCCC(=O)OCCCCCCCCCCCCCCCCCCCCCCCCCCCCCCCCCC. The van der Waals surface area contributed by atoms with Gasteiger partial charge in [-0.05, 0) is 51.4 Å². The zero-order valence-electron chi connectivity index (χ0n) is 38.3. The van der Waals surface area contributed by atoms with Crippen molar-refractivity contribution < 1.29 is 9.53 Å². The molecule has 0 aliphatic carbocycles. The molecule has 0 amide bonds. The van der Waals surface area contributed by atoms with Crippen LogP contribution in [0.1, 0.15) is 284 Å². The van der Waals surface area contributed by atoms with E-state index >= 15 is 0 Å². The predicted molar refractivity (Wildman–Crippen MR) is 253 cm³/mol. The van der Waals surface area contributed by atoms with Crippen LogP contribution in [-0.4, -0.2) is 12.6 Å². The maximum absolute atomic E-state index is 12.0. The summed E-state index contributed by atoms with van der Waals surface area (Å²) in [6, 6.07) is 0. The molecule has 0 aromatic rings. The topological polar surface area (TPSA) is 26.3 Å². The predicted octanol–water partition coefficient (Wildman–Crippen LogP) is 19.2. The highest BCUT2D eigenvalue weighted by Crippen LogP contribution is 2.17. The van der Waals surface area contributed by atoms with Crippen molar-refractivity contribution in [2.45, 2.75) is 284 Å². The van der Waals surface area contributed by atoms with Gasteiger partial charge < -0.3 is 4.74 Å². The molecule has 0 saturated heterocycles. The third kappa shape index (κ3) is 50.4. The highest BCUT2D eigenvalue weighted by Gasteiger charge is 2.02. The lowest BCUT2D eigenvalue weighted by Crippen LogP contribution is -2.05. The number of esters is 1. The highest BCUT2D eigenvalue weighted by atomic mass is 16.5. The van der Waals surface area contributed by atoms with Crippen LogP contribution in [0.25, 0.3) is 0 Å². The largest absolute Gasteiger partial charge is 0.466 e. The molecule has 0 rings (SSSR count). The molecule has 0 aromatic carbocycles. The van der Waals surface area contributed by atoms with E-state index < -0.39 is 0 Å². The van der Waals surface area contributed by atoms with Gasteiger partial charge >= 0.3 is 5.97 Å². The Morgan fingerprint density at radius 2 is 0.554 bits per heavy atom. The van der Waals surface area contributed by atoms with Gasteiger partial charge in [-0.3, -0.25) is 4.79 Å². The Morgan fingerprint density at radius 1 is 0.304 bits per heavy atom. The quantitative estimate of drug-likeness (QED) is 0.0349. The smallest absolute Gasteiger partial charge is 0.305 e. The van der Waals surface area contributed by atoms with Crippen LogP contribution in [0, 0.1) is 0 Å². The van der Waals surface area contributed by atoms with E-state index in [9.17, 15) is 4.79 Å². The van der Waals surface area contributed by atoms with Crippen LogP contribution in [0.4, 0.5) is 0 Å². The van der Waals surface area contributed by atoms with Crippen LogP contribution in [-0.2, 0) is 9.53 Å². The Bertz CT molecular complexity index is 851. The molecule has 0 radical (unpaired) electrons.